The summed E-state index contributed by atoms with van der Waals surface area (Å²) in [6.45, 7) is 4.13. The summed E-state index contributed by atoms with van der Waals surface area (Å²) in [4.78, 5) is 24.5. The summed E-state index contributed by atoms with van der Waals surface area (Å²) in [7, 11) is 1.88. The Balaban J connectivity index is 1.42. The number of nitrogens with one attached hydrogen (secondary N) is 1. The lowest BCUT2D eigenvalue weighted by atomic mass is 10.1. The molecule has 0 aliphatic rings. The van der Waals surface area contributed by atoms with Gasteiger partial charge >= 0.3 is 5.97 Å². The highest BCUT2D eigenvalue weighted by Gasteiger charge is 2.14. The van der Waals surface area contributed by atoms with Crippen LogP contribution in [0.15, 0.2) is 66.7 Å². The molecule has 0 saturated carbocycles. The van der Waals surface area contributed by atoms with Gasteiger partial charge in [0.15, 0.2) is 0 Å². The van der Waals surface area contributed by atoms with Crippen LogP contribution in [-0.2, 0) is 23.0 Å². The first-order valence-electron chi connectivity index (χ1n) is 10.9. The number of hydrogen-bond acceptors (Lipinski definition) is 4. The second kappa shape index (κ2) is 10.0. The number of nitrogens with zero attached hydrogens (tertiary/aromatic N) is 1. The van der Waals surface area contributed by atoms with E-state index in [0.29, 0.717) is 34.5 Å². The molecule has 7 heteroatoms. The first kappa shape index (κ1) is 23.4. The van der Waals surface area contributed by atoms with Crippen molar-refractivity contribution in [2.45, 2.75) is 20.3 Å². The lowest BCUT2D eigenvalue weighted by Gasteiger charge is -2.11. The van der Waals surface area contributed by atoms with Crippen molar-refractivity contribution in [1.29, 1.82) is 0 Å². The molecule has 1 amide bonds. The molecule has 0 aliphatic carbocycles. The van der Waals surface area contributed by atoms with Crippen LogP contribution in [0, 0.1) is 6.92 Å². The van der Waals surface area contributed by atoms with Crippen molar-refractivity contribution in [1.82, 2.24) is 4.57 Å². The van der Waals surface area contributed by atoms with E-state index in [1.165, 1.54) is 0 Å². The summed E-state index contributed by atoms with van der Waals surface area (Å²) in [6.07, 6.45) is 0.151. The van der Waals surface area contributed by atoms with Crippen molar-refractivity contribution in [3.05, 3.63) is 88.6 Å². The topological polar surface area (TPSA) is 69.6 Å². The number of esters is 1. The number of carbonyl (C=O) groups excluding carboxylic acids is 2. The van der Waals surface area contributed by atoms with E-state index in [1.807, 2.05) is 36.7 Å². The van der Waals surface area contributed by atoms with E-state index in [0.717, 1.165) is 22.0 Å². The molecule has 0 saturated heterocycles. The zero-order valence-corrected chi connectivity index (χ0v) is 20.0. The molecule has 0 aliphatic heterocycles. The van der Waals surface area contributed by atoms with Gasteiger partial charge in [0.1, 0.15) is 17.2 Å². The maximum Gasteiger partial charge on any atom is 0.310 e. The lowest BCUT2D eigenvalue weighted by Crippen LogP contribution is -2.15. The van der Waals surface area contributed by atoms with Gasteiger partial charge in [0, 0.05) is 23.6 Å². The number of aryl methyl sites for hydroxylation is 2. The van der Waals surface area contributed by atoms with Crippen molar-refractivity contribution in [3.8, 4) is 11.5 Å². The number of aromatic nitrogens is 1. The van der Waals surface area contributed by atoms with E-state index >= 15 is 0 Å². The first-order valence-corrected chi connectivity index (χ1v) is 11.3. The van der Waals surface area contributed by atoms with Crippen LogP contribution < -0.4 is 10.1 Å². The summed E-state index contributed by atoms with van der Waals surface area (Å²) in [5.74, 6) is 0.545. The number of anilines is 1. The van der Waals surface area contributed by atoms with Gasteiger partial charge in [-0.3, -0.25) is 9.59 Å². The van der Waals surface area contributed by atoms with E-state index < -0.39 is 0 Å². The predicted molar refractivity (Wildman–Crippen MR) is 134 cm³/mol. The number of hydrogen-bond donors (Lipinski definition) is 1. The third-order valence-corrected chi connectivity index (χ3v) is 5.72. The second-order valence-corrected chi connectivity index (χ2v) is 8.39. The first-order chi connectivity index (χ1) is 16.3. The third kappa shape index (κ3) is 5.24. The number of rotatable bonds is 7. The van der Waals surface area contributed by atoms with Crippen molar-refractivity contribution in [2.75, 3.05) is 11.9 Å². The van der Waals surface area contributed by atoms with Crippen LogP contribution in [0.25, 0.3) is 10.9 Å². The number of carbonyl (C=O) groups is 2. The van der Waals surface area contributed by atoms with Crippen molar-refractivity contribution in [2.24, 2.45) is 7.05 Å². The molecule has 0 bridgehead atoms. The molecule has 1 heterocycles. The van der Waals surface area contributed by atoms with Crippen LogP contribution in [0.4, 0.5) is 5.69 Å². The summed E-state index contributed by atoms with van der Waals surface area (Å²) in [5, 5.41) is 4.35. The third-order valence-electron chi connectivity index (χ3n) is 5.42. The van der Waals surface area contributed by atoms with Crippen LogP contribution in [-0.4, -0.2) is 23.1 Å². The van der Waals surface area contributed by atoms with Crippen molar-refractivity contribution >= 4 is 40.1 Å². The normalized spacial score (nSPS) is 10.8. The number of amides is 1. The number of fused-ring (bicyclic) bond motifs is 1. The maximum atomic E-state index is 12.8. The average Bonchev–Trinajstić information content (AvgIpc) is 3.12. The maximum absolute atomic E-state index is 12.8. The van der Waals surface area contributed by atoms with Gasteiger partial charge < -0.3 is 19.4 Å². The van der Waals surface area contributed by atoms with E-state index in [2.05, 4.69) is 11.4 Å². The van der Waals surface area contributed by atoms with Gasteiger partial charge in [0.2, 0.25) is 0 Å². The van der Waals surface area contributed by atoms with E-state index in [-0.39, 0.29) is 18.3 Å². The highest BCUT2D eigenvalue weighted by molar-refractivity contribution is 6.32. The van der Waals surface area contributed by atoms with E-state index in [1.54, 1.807) is 49.4 Å². The Labute approximate surface area is 203 Å². The molecule has 34 heavy (non-hydrogen) atoms. The number of halogens is 1. The van der Waals surface area contributed by atoms with Crippen LogP contribution in [0.3, 0.4) is 0 Å². The van der Waals surface area contributed by atoms with Gasteiger partial charge in [-0.05, 0) is 74.0 Å². The van der Waals surface area contributed by atoms with Gasteiger partial charge in [0.05, 0.1) is 18.1 Å². The van der Waals surface area contributed by atoms with Crippen LogP contribution in [0.2, 0.25) is 5.02 Å². The molecular weight excluding hydrogens is 452 g/mol. The fourth-order valence-corrected chi connectivity index (χ4v) is 3.97. The Morgan fingerprint density at radius 1 is 1.00 bits per heavy atom. The zero-order chi connectivity index (χ0) is 24.2. The smallest absolute Gasteiger partial charge is 0.310 e. The fourth-order valence-electron chi connectivity index (χ4n) is 3.73. The minimum absolute atomic E-state index is 0.151. The Bertz CT molecular complexity index is 1360. The molecule has 1 N–H and O–H groups in total. The van der Waals surface area contributed by atoms with Gasteiger partial charge in [0.25, 0.3) is 5.91 Å². The molecule has 0 unspecified atom stereocenters. The SMILES string of the molecule is CCOC(=O)Cc1ccc(Oc2ccc(NC(=O)c3cc4cc(C)ccc4n3C)cc2)c(Cl)c1. The van der Waals surface area contributed by atoms with Crippen molar-refractivity contribution < 1.29 is 19.1 Å². The summed E-state index contributed by atoms with van der Waals surface area (Å²) in [6, 6.07) is 20.2. The van der Waals surface area contributed by atoms with Gasteiger partial charge in [-0.1, -0.05) is 29.3 Å². The van der Waals surface area contributed by atoms with Gasteiger partial charge in [-0.2, -0.15) is 0 Å². The summed E-state index contributed by atoms with van der Waals surface area (Å²) in [5.41, 5.74) is 4.13. The lowest BCUT2D eigenvalue weighted by molar-refractivity contribution is -0.142. The second-order valence-electron chi connectivity index (χ2n) is 7.98. The minimum Gasteiger partial charge on any atom is -0.466 e. The molecule has 4 aromatic rings. The van der Waals surface area contributed by atoms with Gasteiger partial charge in [-0.15, -0.1) is 0 Å². The molecule has 4 rings (SSSR count). The Hall–Kier alpha value is -3.77. The highest BCUT2D eigenvalue weighted by atomic mass is 35.5. The summed E-state index contributed by atoms with van der Waals surface area (Å²) < 4.78 is 12.7. The zero-order valence-electron chi connectivity index (χ0n) is 19.2. The number of benzene rings is 3. The highest BCUT2D eigenvalue weighted by Crippen LogP contribution is 2.31. The molecule has 174 valence electrons. The van der Waals surface area contributed by atoms with Crippen LogP contribution in [0.5, 0.6) is 11.5 Å². The van der Waals surface area contributed by atoms with Crippen LogP contribution in [0.1, 0.15) is 28.5 Å². The molecule has 6 nitrogen and oxygen atoms in total. The quantitative estimate of drug-likeness (QED) is 0.318. The van der Waals surface area contributed by atoms with Crippen LogP contribution >= 0.6 is 11.6 Å². The monoisotopic (exact) mass is 476 g/mol. The Morgan fingerprint density at radius 2 is 1.76 bits per heavy atom. The largest absolute Gasteiger partial charge is 0.466 e. The Morgan fingerprint density at radius 3 is 2.47 bits per heavy atom. The molecule has 0 fully saturated rings. The van der Waals surface area contributed by atoms with Gasteiger partial charge in [-0.25, -0.2) is 0 Å². The molecular formula is C27H25ClN2O4. The minimum atomic E-state index is -0.302. The average molecular weight is 477 g/mol. The Kier molecular flexibility index (Phi) is 6.89. The standard InChI is InChI=1S/C27H25ClN2O4/c1-4-33-26(31)15-18-6-12-25(22(28)14-18)34-21-9-7-20(8-10-21)29-27(32)24-16-19-13-17(2)5-11-23(19)30(24)3/h5-14,16H,4,15H2,1-3H3,(H,29,32). The number of ether oxygens (including phenoxy) is 2. The fraction of sp³-hybridized carbons (Fsp3) is 0.185. The van der Waals surface area contributed by atoms with E-state index in [4.69, 9.17) is 21.1 Å². The molecule has 0 radical (unpaired) electrons. The predicted octanol–water partition coefficient (Wildman–Crippen LogP) is 6.29. The summed E-state index contributed by atoms with van der Waals surface area (Å²) >= 11 is 6.33. The van der Waals surface area contributed by atoms with Crippen molar-refractivity contribution in [3.63, 3.8) is 0 Å². The molecule has 0 spiro atoms. The van der Waals surface area contributed by atoms with E-state index in [9.17, 15) is 9.59 Å². The molecule has 0 atom stereocenters. The molecule has 3 aromatic carbocycles. The molecule has 1 aromatic heterocycles.